The fourth-order valence-electron chi connectivity index (χ4n) is 4.32. The molecule has 15 nitrogen and oxygen atoms in total. The van der Waals surface area contributed by atoms with Gasteiger partial charge in [-0.15, -0.1) is 0 Å². The van der Waals surface area contributed by atoms with Crippen LogP contribution in [0.3, 0.4) is 0 Å². The summed E-state index contributed by atoms with van der Waals surface area (Å²) in [7, 11) is -6.42. The Kier molecular flexibility index (Phi) is 12.6. The number of nitrogens with zero attached hydrogens (tertiary/aromatic N) is 3. The van der Waals surface area contributed by atoms with Gasteiger partial charge in [-0.1, -0.05) is 44.2 Å². The average Bonchev–Trinajstić information content (AvgIpc) is 3.02. The minimum Gasteiger partial charge on any atom is -0.479 e. The number of carbonyl (C=O) groups is 4. The Bertz CT molecular complexity index is 1540. The molecule has 3 unspecified atom stereocenters. The first-order chi connectivity index (χ1) is 22.0. The van der Waals surface area contributed by atoms with E-state index in [-0.39, 0.29) is 49.5 Å². The van der Waals surface area contributed by atoms with Gasteiger partial charge in [0.15, 0.2) is 17.7 Å². The number of hydrogen-bond acceptors (Lipinski definition) is 12. The molecule has 47 heavy (non-hydrogen) atoms. The Hall–Kier alpha value is -4.36. The summed E-state index contributed by atoms with van der Waals surface area (Å²) >= 11 is 0. The highest BCUT2D eigenvalue weighted by atomic mass is 32.2. The summed E-state index contributed by atoms with van der Waals surface area (Å²) in [6.07, 6.45) is -4.73. The molecule has 1 fully saturated rings. The zero-order valence-electron chi connectivity index (χ0n) is 25.6. The molecule has 2 heterocycles. The minimum atomic E-state index is -6.42. The molecule has 3 rings (SSSR count). The van der Waals surface area contributed by atoms with Crippen molar-refractivity contribution >= 4 is 39.7 Å². The fourth-order valence-corrected chi connectivity index (χ4v) is 4.90. The van der Waals surface area contributed by atoms with E-state index in [1.807, 2.05) is 13.8 Å². The van der Waals surface area contributed by atoms with E-state index in [1.165, 1.54) is 11.0 Å². The van der Waals surface area contributed by atoms with Crippen molar-refractivity contribution in [1.82, 2.24) is 25.5 Å². The Balaban J connectivity index is 2.00. The topological polar surface area (TPSA) is 206 Å². The Morgan fingerprint density at radius 2 is 1.83 bits per heavy atom. The lowest BCUT2D eigenvalue weighted by atomic mass is 9.97. The van der Waals surface area contributed by atoms with Crippen molar-refractivity contribution in [3.05, 3.63) is 42.1 Å². The maximum atomic E-state index is 13.7. The number of nitrogens with one attached hydrogen (secondary N) is 3. The number of halogens is 3. The normalized spacial score (nSPS) is 16.7. The Morgan fingerprint density at radius 1 is 1.15 bits per heavy atom. The third-order valence-electron chi connectivity index (χ3n) is 6.63. The monoisotopic (exact) mass is 688 g/mol. The molecule has 1 saturated heterocycles. The number of benzene rings is 1. The number of hydrogen-bond donors (Lipinski definition) is 4. The zero-order chi connectivity index (χ0) is 34.9. The molecule has 2 aromatic rings. The number of rotatable bonds is 14. The average molecular weight is 689 g/mol. The van der Waals surface area contributed by atoms with Crippen molar-refractivity contribution in [1.29, 1.82) is 0 Å². The molecule has 258 valence electrons. The second kappa shape index (κ2) is 16.0. The number of aromatic nitrogens is 2. The molecule has 1 aliphatic rings. The lowest BCUT2D eigenvalue weighted by Crippen LogP contribution is -2.60. The first kappa shape index (κ1) is 37.1. The van der Waals surface area contributed by atoms with Crippen LogP contribution in [0.25, 0.3) is 11.4 Å². The van der Waals surface area contributed by atoms with E-state index in [4.69, 9.17) is 4.74 Å². The van der Waals surface area contributed by atoms with E-state index < -0.39 is 64.0 Å². The van der Waals surface area contributed by atoms with E-state index in [9.17, 15) is 45.9 Å². The number of alkyl halides is 3. The van der Waals surface area contributed by atoms with Gasteiger partial charge in [0.25, 0.3) is 5.91 Å². The predicted molar refractivity (Wildman–Crippen MR) is 160 cm³/mol. The van der Waals surface area contributed by atoms with Crippen LogP contribution in [-0.4, -0.2) is 109 Å². The highest BCUT2D eigenvalue weighted by Gasteiger charge is 2.50. The molecule has 1 aliphatic heterocycles. The number of amides is 2. The maximum absolute atomic E-state index is 13.7. The van der Waals surface area contributed by atoms with E-state index in [1.54, 1.807) is 37.3 Å². The van der Waals surface area contributed by atoms with Crippen LogP contribution in [-0.2, 0) is 28.6 Å². The standard InChI is InChI=1S/C28H35F3N6O9S/c1-4-45-27(42)37-11-10-32-20(15-37)23(38)18(12-21(26(40)41)46-47(43,44)28(29,30)31)35-25(39)19-13-22(33-14-16(2)3)36-24(34-19)17-8-6-5-7-9-17/h5-9,13,16,18,20-21,32H,4,10-12,14-15H2,1-3H3,(H,35,39)(H,40,41)(H,33,34,36). The zero-order valence-corrected chi connectivity index (χ0v) is 26.4. The van der Waals surface area contributed by atoms with Gasteiger partial charge < -0.3 is 30.7 Å². The van der Waals surface area contributed by atoms with E-state index in [2.05, 4.69) is 30.1 Å². The van der Waals surface area contributed by atoms with Crippen LogP contribution in [0.5, 0.6) is 0 Å². The van der Waals surface area contributed by atoms with Crippen LogP contribution in [0.4, 0.5) is 23.8 Å². The summed E-state index contributed by atoms with van der Waals surface area (Å²) in [4.78, 5) is 61.4. The van der Waals surface area contributed by atoms with Crippen LogP contribution in [0.15, 0.2) is 36.4 Å². The smallest absolute Gasteiger partial charge is 0.479 e. The van der Waals surface area contributed by atoms with Gasteiger partial charge in [0.2, 0.25) is 0 Å². The summed E-state index contributed by atoms with van der Waals surface area (Å²) in [5, 5.41) is 17.7. The molecule has 0 aliphatic carbocycles. The molecule has 1 aromatic carbocycles. The quantitative estimate of drug-likeness (QED) is 0.166. The number of ether oxygens (including phenoxy) is 1. The van der Waals surface area contributed by atoms with Crippen molar-refractivity contribution in [2.24, 2.45) is 5.92 Å². The van der Waals surface area contributed by atoms with Crippen LogP contribution in [0.2, 0.25) is 0 Å². The minimum absolute atomic E-state index is 0.0310. The molecule has 0 saturated carbocycles. The third-order valence-corrected chi connectivity index (χ3v) is 7.68. The van der Waals surface area contributed by atoms with Gasteiger partial charge in [-0.3, -0.25) is 9.59 Å². The molecule has 1 aromatic heterocycles. The van der Waals surface area contributed by atoms with Gasteiger partial charge in [-0.25, -0.2) is 23.7 Å². The molecule has 0 bridgehead atoms. The molecular weight excluding hydrogens is 653 g/mol. The van der Waals surface area contributed by atoms with Gasteiger partial charge in [-0.2, -0.15) is 21.6 Å². The SMILES string of the molecule is CCOC(=O)N1CCNC(C(=O)C(CC(OS(=O)(=O)C(F)(F)F)C(=O)O)NC(=O)c2cc(NCC(C)C)nc(-c3ccccc3)n2)C1. The lowest BCUT2D eigenvalue weighted by molar-refractivity contribution is -0.146. The number of aliphatic carboxylic acids is 1. The van der Waals surface area contributed by atoms with Crippen molar-refractivity contribution < 1.29 is 54.8 Å². The summed E-state index contributed by atoms with van der Waals surface area (Å²) in [5.41, 5.74) is -5.75. The second-order valence-electron chi connectivity index (χ2n) is 10.7. The molecule has 0 radical (unpaired) electrons. The van der Waals surface area contributed by atoms with Crippen molar-refractivity contribution in [3.63, 3.8) is 0 Å². The fraction of sp³-hybridized carbons (Fsp3) is 0.500. The molecule has 4 N–H and O–H groups in total. The van der Waals surface area contributed by atoms with Gasteiger partial charge in [0.1, 0.15) is 11.5 Å². The lowest BCUT2D eigenvalue weighted by Gasteiger charge is -2.34. The molecule has 3 atom stereocenters. The number of carboxylic acid groups (broad SMARTS) is 1. The molecule has 19 heteroatoms. The number of anilines is 1. The third kappa shape index (κ3) is 10.3. The van der Waals surface area contributed by atoms with Gasteiger partial charge >= 0.3 is 27.7 Å². The van der Waals surface area contributed by atoms with Crippen molar-refractivity contribution in [3.8, 4) is 11.4 Å². The summed E-state index contributed by atoms with van der Waals surface area (Å²) in [6, 6.07) is 6.57. The first-order valence-corrected chi connectivity index (χ1v) is 15.8. The van der Waals surface area contributed by atoms with Crippen LogP contribution >= 0.6 is 0 Å². The van der Waals surface area contributed by atoms with E-state index in [0.29, 0.717) is 12.1 Å². The van der Waals surface area contributed by atoms with Crippen LogP contribution in [0.1, 0.15) is 37.7 Å². The largest absolute Gasteiger partial charge is 0.523 e. The number of carbonyl (C=O) groups excluding carboxylic acids is 3. The van der Waals surface area contributed by atoms with E-state index in [0.717, 1.165) is 0 Å². The number of Topliss-reactive ketones (excluding diaryl/α,β-unsaturated/α-hetero) is 1. The molecule has 2 amide bonds. The first-order valence-electron chi connectivity index (χ1n) is 14.4. The highest BCUT2D eigenvalue weighted by Crippen LogP contribution is 2.27. The Labute approximate surface area is 268 Å². The number of carboxylic acids is 1. The predicted octanol–water partition coefficient (Wildman–Crippen LogP) is 2.02. The van der Waals surface area contributed by atoms with Crippen LogP contribution < -0.4 is 16.0 Å². The number of ketones is 1. The van der Waals surface area contributed by atoms with Crippen LogP contribution in [0, 0.1) is 5.92 Å². The van der Waals surface area contributed by atoms with E-state index >= 15 is 0 Å². The highest BCUT2D eigenvalue weighted by molar-refractivity contribution is 7.87. The number of piperazine rings is 1. The molecular formula is C28H35F3N6O9S. The second-order valence-corrected chi connectivity index (χ2v) is 12.3. The van der Waals surface area contributed by atoms with Gasteiger partial charge in [0, 0.05) is 44.2 Å². The van der Waals surface area contributed by atoms with Gasteiger partial charge in [-0.05, 0) is 12.8 Å². The Morgan fingerprint density at radius 3 is 2.43 bits per heavy atom. The van der Waals surface area contributed by atoms with Crippen molar-refractivity contribution in [2.45, 2.75) is 50.9 Å². The summed E-state index contributed by atoms with van der Waals surface area (Å²) in [6.45, 7) is 5.78. The summed E-state index contributed by atoms with van der Waals surface area (Å²) in [5.74, 6) is -3.68. The maximum Gasteiger partial charge on any atom is 0.523 e. The van der Waals surface area contributed by atoms with Crippen molar-refractivity contribution in [2.75, 3.05) is 38.1 Å². The summed E-state index contributed by atoms with van der Waals surface area (Å²) < 4.78 is 71.5. The van der Waals surface area contributed by atoms with Gasteiger partial charge in [0.05, 0.1) is 18.7 Å². The molecule has 0 spiro atoms.